The predicted molar refractivity (Wildman–Crippen MR) is 72.5 cm³/mol. The lowest BCUT2D eigenvalue weighted by molar-refractivity contribution is -0.121. The van der Waals surface area contributed by atoms with Gasteiger partial charge >= 0.3 is 0 Å². The number of benzene rings is 1. The van der Waals surface area contributed by atoms with Crippen molar-refractivity contribution in [1.82, 2.24) is 5.32 Å². The van der Waals surface area contributed by atoms with E-state index in [9.17, 15) is 4.79 Å². The second-order valence-corrected chi connectivity index (χ2v) is 4.17. The molecule has 0 aliphatic heterocycles. The topological polar surface area (TPSA) is 64.3 Å². The van der Waals surface area contributed by atoms with E-state index in [2.05, 4.69) is 18.3 Å². The SMILES string of the molecule is CCc1ccc(OC)c(CNC(=O)CCCN)c1. The molecule has 0 radical (unpaired) electrons. The normalized spacial score (nSPS) is 10.2. The lowest BCUT2D eigenvalue weighted by Gasteiger charge is -2.11. The lowest BCUT2D eigenvalue weighted by atomic mass is 10.1. The summed E-state index contributed by atoms with van der Waals surface area (Å²) in [7, 11) is 1.64. The van der Waals surface area contributed by atoms with Crippen LogP contribution in [0.4, 0.5) is 0 Å². The fourth-order valence-electron chi connectivity index (χ4n) is 1.73. The highest BCUT2D eigenvalue weighted by Crippen LogP contribution is 2.20. The summed E-state index contributed by atoms with van der Waals surface area (Å²) in [6, 6.07) is 6.06. The van der Waals surface area contributed by atoms with E-state index < -0.39 is 0 Å². The molecule has 0 spiro atoms. The maximum absolute atomic E-state index is 11.5. The largest absolute Gasteiger partial charge is 0.496 e. The zero-order valence-electron chi connectivity index (χ0n) is 11.2. The van der Waals surface area contributed by atoms with Gasteiger partial charge in [0.25, 0.3) is 0 Å². The smallest absolute Gasteiger partial charge is 0.220 e. The van der Waals surface area contributed by atoms with Crippen molar-refractivity contribution in [3.05, 3.63) is 29.3 Å². The van der Waals surface area contributed by atoms with Crippen LogP contribution >= 0.6 is 0 Å². The van der Waals surface area contributed by atoms with E-state index in [1.807, 2.05) is 12.1 Å². The van der Waals surface area contributed by atoms with Crippen molar-refractivity contribution in [1.29, 1.82) is 0 Å². The van der Waals surface area contributed by atoms with Crippen LogP contribution in [0, 0.1) is 0 Å². The van der Waals surface area contributed by atoms with E-state index >= 15 is 0 Å². The van der Waals surface area contributed by atoms with Gasteiger partial charge in [0.2, 0.25) is 5.91 Å². The lowest BCUT2D eigenvalue weighted by Crippen LogP contribution is -2.23. The number of carbonyl (C=O) groups excluding carboxylic acids is 1. The zero-order valence-corrected chi connectivity index (χ0v) is 11.2. The van der Waals surface area contributed by atoms with Crippen molar-refractivity contribution in [2.45, 2.75) is 32.7 Å². The molecule has 1 amide bonds. The fourth-order valence-corrected chi connectivity index (χ4v) is 1.73. The first-order valence-corrected chi connectivity index (χ1v) is 6.33. The van der Waals surface area contributed by atoms with Crippen LogP contribution in [0.2, 0.25) is 0 Å². The maximum atomic E-state index is 11.5. The van der Waals surface area contributed by atoms with Crippen LogP contribution in [0.5, 0.6) is 5.75 Å². The van der Waals surface area contributed by atoms with Gasteiger partial charge in [-0.3, -0.25) is 4.79 Å². The Balaban J connectivity index is 2.62. The highest BCUT2D eigenvalue weighted by atomic mass is 16.5. The molecule has 4 heteroatoms. The molecular formula is C14H22N2O2. The van der Waals surface area contributed by atoms with Crippen molar-refractivity contribution in [2.75, 3.05) is 13.7 Å². The van der Waals surface area contributed by atoms with Gasteiger partial charge in [0.15, 0.2) is 0 Å². The van der Waals surface area contributed by atoms with Crippen LogP contribution in [-0.2, 0) is 17.8 Å². The second-order valence-electron chi connectivity index (χ2n) is 4.17. The molecule has 0 saturated heterocycles. The molecule has 1 aromatic rings. The first-order chi connectivity index (χ1) is 8.71. The summed E-state index contributed by atoms with van der Waals surface area (Å²) in [6.45, 7) is 3.15. The number of nitrogens with one attached hydrogen (secondary N) is 1. The highest BCUT2D eigenvalue weighted by Gasteiger charge is 2.06. The second kappa shape index (κ2) is 7.71. The Hall–Kier alpha value is -1.55. The Bertz CT molecular complexity index is 391. The number of nitrogens with two attached hydrogens (primary N) is 1. The molecule has 0 aliphatic rings. The van der Waals surface area contributed by atoms with Gasteiger partial charge in [0, 0.05) is 18.5 Å². The van der Waals surface area contributed by atoms with Crippen LogP contribution in [0.15, 0.2) is 18.2 Å². The minimum absolute atomic E-state index is 0.0319. The van der Waals surface area contributed by atoms with Crippen LogP contribution in [-0.4, -0.2) is 19.6 Å². The van der Waals surface area contributed by atoms with E-state index in [1.165, 1.54) is 5.56 Å². The standard InChI is InChI=1S/C14H22N2O2/c1-3-11-6-7-13(18-2)12(9-11)10-16-14(17)5-4-8-15/h6-7,9H,3-5,8,10,15H2,1-2H3,(H,16,17). The number of aryl methyl sites for hydroxylation is 1. The van der Waals surface area contributed by atoms with E-state index in [1.54, 1.807) is 7.11 Å². The van der Waals surface area contributed by atoms with Gasteiger partial charge in [0.05, 0.1) is 7.11 Å². The number of hydrogen-bond donors (Lipinski definition) is 2. The van der Waals surface area contributed by atoms with Gasteiger partial charge in [0.1, 0.15) is 5.75 Å². The van der Waals surface area contributed by atoms with Crippen molar-refractivity contribution in [2.24, 2.45) is 5.73 Å². The van der Waals surface area contributed by atoms with Crippen molar-refractivity contribution in [3.63, 3.8) is 0 Å². The van der Waals surface area contributed by atoms with E-state index in [4.69, 9.17) is 10.5 Å². The Labute approximate surface area is 109 Å². The van der Waals surface area contributed by atoms with Crippen LogP contribution < -0.4 is 15.8 Å². The first-order valence-electron chi connectivity index (χ1n) is 6.33. The number of amides is 1. The summed E-state index contributed by atoms with van der Waals surface area (Å²) in [4.78, 5) is 11.5. The number of methoxy groups -OCH3 is 1. The molecule has 3 N–H and O–H groups in total. The Morgan fingerprint density at radius 1 is 1.44 bits per heavy atom. The fraction of sp³-hybridized carbons (Fsp3) is 0.500. The third-order valence-electron chi connectivity index (χ3n) is 2.84. The minimum Gasteiger partial charge on any atom is -0.496 e. The van der Waals surface area contributed by atoms with Gasteiger partial charge in [-0.05, 0) is 31.0 Å². The highest BCUT2D eigenvalue weighted by molar-refractivity contribution is 5.75. The van der Waals surface area contributed by atoms with Crippen molar-refractivity contribution in [3.8, 4) is 5.75 Å². The van der Waals surface area contributed by atoms with E-state index in [0.29, 0.717) is 19.5 Å². The molecule has 0 heterocycles. The van der Waals surface area contributed by atoms with Crippen LogP contribution in [0.3, 0.4) is 0 Å². The van der Waals surface area contributed by atoms with E-state index in [0.717, 1.165) is 24.2 Å². The monoisotopic (exact) mass is 250 g/mol. The molecule has 1 aromatic carbocycles. The van der Waals surface area contributed by atoms with Crippen LogP contribution in [0.25, 0.3) is 0 Å². The quantitative estimate of drug-likeness (QED) is 0.772. The first kappa shape index (κ1) is 14.5. The van der Waals surface area contributed by atoms with Crippen LogP contribution in [0.1, 0.15) is 30.9 Å². The average Bonchev–Trinajstić information content (AvgIpc) is 2.42. The zero-order chi connectivity index (χ0) is 13.4. The average molecular weight is 250 g/mol. The van der Waals surface area contributed by atoms with Gasteiger partial charge < -0.3 is 15.8 Å². The molecule has 4 nitrogen and oxygen atoms in total. The predicted octanol–water partition coefficient (Wildman–Crippen LogP) is 1.61. The molecule has 0 atom stereocenters. The van der Waals surface area contributed by atoms with Gasteiger partial charge in [-0.25, -0.2) is 0 Å². The Morgan fingerprint density at radius 2 is 2.22 bits per heavy atom. The molecule has 0 aromatic heterocycles. The van der Waals surface area contributed by atoms with Crippen molar-refractivity contribution < 1.29 is 9.53 Å². The van der Waals surface area contributed by atoms with Crippen molar-refractivity contribution >= 4 is 5.91 Å². The summed E-state index contributed by atoms with van der Waals surface area (Å²) < 4.78 is 5.29. The third-order valence-corrected chi connectivity index (χ3v) is 2.84. The van der Waals surface area contributed by atoms with Gasteiger partial charge in [-0.2, -0.15) is 0 Å². The summed E-state index contributed by atoms with van der Waals surface area (Å²) in [5.74, 6) is 0.843. The number of hydrogen-bond acceptors (Lipinski definition) is 3. The molecule has 0 aliphatic carbocycles. The molecule has 18 heavy (non-hydrogen) atoms. The Kier molecular flexibility index (Phi) is 6.22. The number of carbonyl (C=O) groups is 1. The summed E-state index contributed by atoms with van der Waals surface area (Å²) >= 11 is 0. The Morgan fingerprint density at radius 3 is 2.83 bits per heavy atom. The maximum Gasteiger partial charge on any atom is 0.220 e. The molecule has 0 unspecified atom stereocenters. The third kappa shape index (κ3) is 4.37. The van der Waals surface area contributed by atoms with Gasteiger partial charge in [-0.15, -0.1) is 0 Å². The summed E-state index contributed by atoms with van der Waals surface area (Å²) in [5, 5.41) is 2.89. The summed E-state index contributed by atoms with van der Waals surface area (Å²) in [5.41, 5.74) is 7.62. The molecule has 0 bridgehead atoms. The van der Waals surface area contributed by atoms with Gasteiger partial charge in [-0.1, -0.05) is 19.1 Å². The molecular weight excluding hydrogens is 228 g/mol. The van der Waals surface area contributed by atoms with E-state index in [-0.39, 0.29) is 5.91 Å². The molecule has 1 rings (SSSR count). The molecule has 0 fully saturated rings. The number of ether oxygens (including phenoxy) is 1. The number of rotatable bonds is 7. The molecule has 100 valence electrons. The summed E-state index contributed by atoms with van der Waals surface area (Å²) in [6.07, 6.45) is 2.17. The molecule has 0 saturated carbocycles. The minimum atomic E-state index is 0.0319.